The van der Waals surface area contributed by atoms with Crippen LogP contribution in [0, 0.1) is 17.0 Å². The number of benzene rings is 1. The van der Waals surface area contributed by atoms with Crippen LogP contribution in [0.4, 0.5) is 11.6 Å². The molecule has 22 heavy (non-hydrogen) atoms. The molecule has 3 rings (SSSR count). The molecule has 0 bridgehead atoms. The van der Waals surface area contributed by atoms with Crippen LogP contribution in [-0.4, -0.2) is 14.3 Å². The first kappa shape index (κ1) is 14.1. The predicted molar refractivity (Wildman–Crippen MR) is 85.1 cm³/mol. The van der Waals surface area contributed by atoms with Crippen LogP contribution in [0.1, 0.15) is 24.1 Å². The Balaban J connectivity index is 2.02. The molecule has 0 fully saturated rings. The van der Waals surface area contributed by atoms with Crippen molar-refractivity contribution in [2.75, 3.05) is 5.32 Å². The number of anilines is 1. The fourth-order valence-corrected chi connectivity index (χ4v) is 2.61. The highest BCUT2D eigenvalue weighted by Crippen LogP contribution is 2.29. The van der Waals surface area contributed by atoms with Crippen LogP contribution in [-0.2, 0) is 0 Å². The molecular weight excluding hydrogens is 280 g/mol. The van der Waals surface area contributed by atoms with E-state index < -0.39 is 4.92 Å². The molecule has 6 nitrogen and oxygen atoms in total. The van der Waals surface area contributed by atoms with E-state index in [0.29, 0.717) is 5.65 Å². The van der Waals surface area contributed by atoms with Gasteiger partial charge in [-0.3, -0.25) is 0 Å². The number of hydrogen-bond acceptors (Lipinski definition) is 4. The summed E-state index contributed by atoms with van der Waals surface area (Å²) < 4.78 is 1.48. The number of nitro groups is 1. The highest BCUT2D eigenvalue weighted by atomic mass is 16.6. The average Bonchev–Trinajstić information content (AvgIpc) is 2.85. The lowest BCUT2D eigenvalue weighted by molar-refractivity contribution is -0.389. The van der Waals surface area contributed by atoms with Crippen LogP contribution < -0.4 is 5.32 Å². The molecule has 0 radical (unpaired) electrons. The molecule has 0 aliphatic rings. The predicted octanol–water partition coefficient (Wildman–Crippen LogP) is 3.72. The molecule has 1 unspecified atom stereocenters. The van der Waals surface area contributed by atoms with Gasteiger partial charge in [-0.15, -0.1) is 0 Å². The third-order valence-electron chi connectivity index (χ3n) is 3.69. The van der Waals surface area contributed by atoms with Gasteiger partial charge in [-0.25, -0.2) is 0 Å². The molecule has 0 aliphatic heterocycles. The van der Waals surface area contributed by atoms with Crippen LogP contribution in [0.3, 0.4) is 0 Å². The molecule has 2 aromatic heterocycles. The number of pyridine rings is 1. The minimum absolute atomic E-state index is 0.0453. The molecule has 0 saturated carbocycles. The summed E-state index contributed by atoms with van der Waals surface area (Å²) in [6, 6.07) is 13.2. The summed E-state index contributed by atoms with van der Waals surface area (Å²) in [5, 5.41) is 14.6. The Kier molecular flexibility index (Phi) is 3.50. The minimum atomic E-state index is -0.410. The maximum Gasteiger partial charge on any atom is 0.372 e. The van der Waals surface area contributed by atoms with E-state index >= 15 is 0 Å². The largest absolute Gasteiger partial charge is 0.372 e. The summed E-state index contributed by atoms with van der Waals surface area (Å²) in [4.78, 5) is 15.3. The van der Waals surface area contributed by atoms with E-state index in [9.17, 15) is 10.1 Å². The second kappa shape index (κ2) is 5.48. The Bertz CT molecular complexity index is 841. The first-order valence-electron chi connectivity index (χ1n) is 7.01. The fraction of sp³-hybridized carbons (Fsp3) is 0.188. The summed E-state index contributed by atoms with van der Waals surface area (Å²) >= 11 is 0. The molecule has 112 valence electrons. The van der Waals surface area contributed by atoms with Crippen LogP contribution in [0.15, 0.2) is 48.7 Å². The van der Waals surface area contributed by atoms with E-state index in [0.717, 1.165) is 11.1 Å². The van der Waals surface area contributed by atoms with Crippen LogP contribution >= 0.6 is 0 Å². The summed E-state index contributed by atoms with van der Waals surface area (Å²) in [6.45, 7) is 3.99. The number of rotatable bonds is 4. The second-order valence-electron chi connectivity index (χ2n) is 5.19. The SMILES string of the molecule is Cc1ccccc1C(C)Nc1nc2ccccn2c1[N+](=O)[O-]. The van der Waals surface area contributed by atoms with Gasteiger partial charge in [0.2, 0.25) is 11.5 Å². The number of imidazole rings is 1. The van der Waals surface area contributed by atoms with Gasteiger partial charge in [0.05, 0.1) is 12.2 Å². The molecule has 1 atom stereocenters. The third kappa shape index (κ3) is 2.39. The van der Waals surface area contributed by atoms with Crippen LogP contribution in [0.5, 0.6) is 0 Å². The molecule has 1 N–H and O–H groups in total. The molecule has 0 amide bonds. The Morgan fingerprint density at radius 3 is 2.68 bits per heavy atom. The Labute approximate surface area is 127 Å². The van der Waals surface area contributed by atoms with Gasteiger partial charge in [0.1, 0.15) is 0 Å². The van der Waals surface area contributed by atoms with Crippen LogP contribution in [0.25, 0.3) is 5.65 Å². The van der Waals surface area contributed by atoms with Gasteiger partial charge in [-0.2, -0.15) is 9.38 Å². The van der Waals surface area contributed by atoms with Crippen molar-refractivity contribution in [1.82, 2.24) is 9.38 Å². The van der Waals surface area contributed by atoms with Gasteiger partial charge < -0.3 is 15.4 Å². The number of nitrogens with zero attached hydrogens (tertiary/aromatic N) is 3. The molecular formula is C16H16N4O2. The standard InChI is InChI=1S/C16H16N4O2/c1-11-7-3-4-8-13(11)12(2)17-15-16(20(21)22)19-10-6-5-9-14(19)18-15/h3-10,12,17H,1-2H3. The Morgan fingerprint density at radius 2 is 1.95 bits per heavy atom. The molecule has 0 aliphatic carbocycles. The maximum absolute atomic E-state index is 11.4. The maximum atomic E-state index is 11.4. The second-order valence-corrected chi connectivity index (χ2v) is 5.19. The molecule has 6 heteroatoms. The lowest BCUT2D eigenvalue weighted by Gasteiger charge is -2.15. The lowest BCUT2D eigenvalue weighted by Crippen LogP contribution is -2.10. The highest BCUT2D eigenvalue weighted by Gasteiger charge is 2.23. The highest BCUT2D eigenvalue weighted by molar-refractivity contribution is 5.62. The summed E-state index contributed by atoms with van der Waals surface area (Å²) in [7, 11) is 0. The smallest absolute Gasteiger partial charge is 0.358 e. The van der Waals surface area contributed by atoms with E-state index in [4.69, 9.17) is 0 Å². The summed E-state index contributed by atoms with van der Waals surface area (Å²) in [5.74, 6) is 0.239. The number of aryl methyl sites for hydroxylation is 1. The zero-order chi connectivity index (χ0) is 15.7. The van der Waals surface area contributed by atoms with Gasteiger partial charge in [0.25, 0.3) is 0 Å². The van der Waals surface area contributed by atoms with Crippen molar-refractivity contribution >= 4 is 17.3 Å². The fourth-order valence-electron chi connectivity index (χ4n) is 2.61. The van der Waals surface area contributed by atoms with E-state index in [2.05, 4.69) is 10.3 Å². The van der Waals surface area contributed by atoms with Gasteiger partial charge >= 0.3 is 5.82 Å². The van der Waals surface area contributed by atoms with Crippen LogP contribution in [0.2, 0.25) is 0 Å². The lowest BCUT2D eigenvalue weighted by atomic mass is 10.0. The van der Waals surface area contributed by atoms with Crippen molar-refractivity contribution in [3.05, 3.63) is 69.9 Å². The number of hydrogen-bond donors (Lipinski definition) is 1. The quantitative estimate of drug-likeness (QED) is 0.588. The van der Waals surface area contributed by atoms with Crippen molar-refractivity contribution in [3.8, 4) is 0 Å². The average molecular weight is 296 g/mol. The molecule has 0 spiro atoms. The first-order valence-corrected chi connectivity index (χ1v) is 7.01. The number of aromatic nitrogens is 2. The summed E-state index contributed by atoms with van der Waals surface area (Å²) in [5.41, 5.74) is 2.77. The van der Waals surface area contributed by atoms with Gasteiger partial charge in [0, 0.05) is 6.07 Å². The zero-order valence-corrected chi connectivity index (χ0v) is 12.4. The van der Waals surface area contributed by atoms with Crippen molar-refractivity contribution in [2.24, 2.45) is 0 Å². The topological polar surface area (TPSA) is 72.5 Å². The monoisotopic (exact) mass is 296 g/mol. The molecule has 2 heterocycles. The van der Waals surface area contributed by atoms with Crippen molar-refractivity contribution in [3.63, 3.8) is 0 Å². The van der Waals surface area contributed by atoms with E-state index in [1.165, 1.54) is 4.40 Å². The normalized spacial score (nSPS) is 12.3. The Morgan fingerprint density at radius 1 is 1.23 bits per heavy atom. The number of nitrogens with one attached hydrogen (secondary N) is 1. The van der Waals surface area contributed by atoms with Gasteiger partial charge in [-0.05, 0) is 36.0 Å². The van der Waals surface area contributed by atoms with Gasteiger partial charge in [-0.1, -0.05) is 30.3 Å². The van der Waals surface area contributed by atoms with Crippen molar-refractivity contribution in [1.29, 1.82) is 0 Å². The third-order valence-corrected chi connectivity index (χ3v) is 3.69. The van der Waals surface area contributed by atoms with Gasteiger partial charge in [0.15, 0.2) is 0 Å². The van der Waals surface area contributed by atoms with E-state index in [-0.39, 0.29) is 17.7 Å². The molecule has 0 saturated heterocycles. The molecule has 1 aromatic carbocycles. The van der Waals surface area contributed by atoms with Crippen molar-refractivity contribution < 1.29 is 4.92 Å². The van der Waals surface area contributed by atoms with E-state index in [1.54, 1.807) is 24.4 Å². The number of fused-ring (bicyclic) bond motifs is 1. The summed E-state index contributed by atoms with van der Waals surface area (Å²) in [6.07, 6.45) is 1.64. The molecule has 3 aromatic rings. The van der Waals surface area contributed by atoms with Crippen molar-refractivity contribution in [2.45, 2.75) is 19.9 Å². The Hall–Kier alpha value is -2.89. The first-order chi connectivity index (χ1) is 10.6. The zero-order valence-electron chi connectivity index (χ0n) is 12.4. The minimum Gasteiger partial charge on any atom is -0.358 e. The van der Waals surface area contributed by atoms with E-state index in [1.807, 2.05) is 38.1 Å².